The Kier molecular flexibility index (Phi) is 6.46. The van der Waals surface area contributed by atoms with E-state index in [1.807, 2.05) is 7.05 Å². The Hall–Kier alpha value is -1.55. The molecule has 0 saturated heterocycles. The maximum absolute atomic E-state index is 4.32. The number of nitrogens with one attached hydrogen (secondary N) is 3. The number of rotatable bonds is 6. The third-order valence-electron chi connectivity index (χ3n) is 4.63. The highest BCUT2D eigenvalue weighted by Gasteiger charge is 2.35. The molecule has 2 rings (SSSR count). The topological polar surface area (TPSA) is 48.5 Å². The zero-order valence-electron chi connectivity index (χ0n) is 15.0. The standard InChI is InChI=1S/C19H32N4/c1-15(2)22-18(20-4)21-14-19(12-8-9-13-19)23-16(3)17-10-6-5-7-11-17/h5-7,10-11,15-16,23H,8-9,12-14H2,1-4H3,(H2,20,21,22). The number of hydrogen-bond donors (Lipinski definition) is 3. The van der Waals surface area contributed by atoms with Crippen LogP contribution in [0.25, 0.3) is 0 Å². The zero-order chi connectivity index (χ0) is 16.7. The van der Waals surface area contributed by atoms with Crippen LogP contribution < -0.4 is 16.0 Å². The summed E-state index contributed by atoms with van der Waals surface area (Å²) in [5.41, 5.74) is 1.51. The second-order valence-corrected chi connectivity index (χ2v) is 6.99. The summed E-state index contributed by atoms with van der Waals surface area (Å²) < 4.78 is 0. The fraction of sp³-hybridized carbons (Fsp3) is 0.632. The lowest BCUT2D eigenvalue weighted by Gasteiger charge is -2.35. The van der Waals surface area contributed by atoms with E-state index in [0.29, 0.717) is 12.1 Å². The third-order valence-corrected chi connectivity index (χ3v) is 4.63. The maximum atomic E-state index is 4.32. The van der Waals surface area contributed by atoms with Crippen LogP contribution in [0.5, 0.6) is 0 Å². The summed E-state index contributed by atoms with van der Waals surface area (Å²) in [4.78, 5) is 4.32. The Labute approximate surface area is 141 Å². The van der Waals surface area contributed by atoms with E-state index in [1.54, 1.807) is 0 Å². The maximum Gasteiger partial charge on any atom is 0.191 e. The molecule has 4 heteroatoms. The molecule has 3 N–H and O–H groups in total. The Balaban J connectivity index is 1.99. The number of nitrogens with zero attached hydrogens (tertiary/aromatic N) is 1. The first-order valence-electron chi connectivity index (χ1n) is 8.84. The normalized spacial score (nSPS) is 18.9. The van der Waals surface area contributed by atoms with Gasteiger partial charge in [0.05, 0.1) is 0 Å². The lowest BCUT2D eigenvalue weighted by molar-refractivity contribution is 0.297. The van der Waals surface area contributed by atoms with Crippen molar-refractivity contribution in [3.8, 4) is 0 Å². The van der Waals surface area contributed by atoms with Crippen LogP contribution in [0.15, 0.2) is 35.3 Å². The van der Waals surface area contributed by atoms with Crippen LogP contribution in [0.4, 0.5) is 0 Å². The summed E-state index contributed by atoms with van der Waals surface area (Å²) in [6.45, 7) is 7.44. The minimum absolute atomic E-state index is 0.157. The number of guanidine groups is 1. The van der Waals surface area contributed by atoms with Crippen molar-refractivity contribution in [3.63, 3.8) is 0 Å². The van der Waals surface area contributed by atoms with E-state index < -0.39 is 0 Å². The van der Waals surface area contributed by atoms with Crippen LogP contribution in [0.1, 0.15) is 58.1 Å². The van der Waals surface area contributed by atoms with Crippen molar-refractivity contribution in [1.29, 1.82) is 0 Å². The van der Waals surface area contributed by atoms with Crippen LogP contribution in [-0.4, -0.2) is 31.1 Å². The average Bonchev–Trinajstić information content (AvgIpc) is 3.00. The second kappa shape index (κ2) is 8.34. The van der Waals surface area contributed by atoms with Crippen LogP contribution in [0, 0.1) is 0 Å². The van der Waals surface area contributed by atoms with Crippen molar-refractivity contribution in [3.05, 3.63) is 35.9 Å². The predicted molar refractivity (Wildman–Crippen MR) is 98.8 cm³/mol. The van der Waals surface area contributed by atoms with Crippen molar-refractivity contribution in [2.45, 2.75) is 64.1 Å². The van der Waals surface area contributed by atoms with E-state index in [2.05, 4.69) is 72.0 Å². The fourth-order valence-electron chi connectivity index (χ4n) is 3.43. The molecule has 128 valence electrons. The molecule has 1 aliphatic carbocycles. The summed E-state index contributed by atoms with van der Waals surface area (Å²) in [6, 6.07) is 11.4. The van der Waals surface area contributed by atoms with E-state index in [-0.39, 0.29) is 5.54 Å². The summed E-state index contributed by atoms with van der Waals surface area (Å²) in [5.74, 6) is 0.889. The first-order valence-corrected chi connectivity index (χ1v) is 8.84. The zero-order valence-corrected chi connectivity index (χ0v) is 15.0. The molecule has 0 heterocycles. The SMILES string of the molecule is CN=C(NCC1(NC(C)c2ccccc2)CCCC1)NC(C)C. The van der Waals surface area contributed by atoms with Gasteiger partial charge in [0.2, 0.25) is 0 Å². The molecule has 0 bridgehead atoms. The van der Waals surface area contributed by atoms with Gasteiger partial charge in [0.25, 0.3) is 0 Å². The van der Waals surface area contributed by atoms with Gasteiger partial charge in [0.15, 0.2) is 5.96 Å². The largest absolute Gasteiger partial charge is 0.355 e. The Morgan fingerprint density at radius 1 is 1.13 bits per heavy atom. The average molecular weight is 316 g/mol. The molecule has 1 unspecified atom stereocenters. The van der Waals surface area contributed by atoms with E-state index >= 15 is 0 Å². The Morgan fingerprint density at radius 3 is 2.35 bits per heavy atom. The van der Waals surface area contributed by atoms with Gasteiger partial charge in [-0.2, -0.15) is 0 Å². The highest BCUT2D eigenvalue weighted by Crippen LogP contribution is 2.31. The molecule has 0 spiro atoms. The predicted octanol–water partition coefficient (Wildman–Crippen LogP) is 3.22. The lowest BCUT2D eigenvalue weighted by atomic mass is 9.94. The molecule has 0 radical (unpaired) electrons. The quantitative estimate of drug-likeness (QED) is 0.558. The van der Waals surface area contributed by atoms with E-state index in [9.17, 15) is 0 Å². The molecule has 1 atom stereocenters. The lowest BCUT2D eigenvalue weighted by Crippen LogP contribution is -2.54. The number of aliphatic imine (C=N–C) groups is 1. The van der Waals surface area contributed by atoms with E-state index in [1.165, 1.54) is 31.2 Å². The molecule has 0 amide bonds. The molecule has 1 aromatic rings. The second-order valence-electron chi connectivity index (χ2n) is 6.99. The van der Waals surface area contributed by atoms with Gasteiger partial charge >= 0.3 is 0 Å². The van der Waals surface area contributed by atoms with Crippen LogP contribution in [0.3, 0.4) is 0 Å². The molecule has 1 fully saturated rings. The first kappa shape index (κ1) is 17.8. The molecule has 23 heavy (non-hydrogen) atoms. The van der Waals surface area contributed by atoms with Gasteiger partial charge in [-0.1, -0.05) is 43.2 Å². The fourth-order valence-corrected chi connectivity index (χ4v) is 3.43. The number of benzene rings is 1. The number of hydrogen-bond acceptors (Lipinski definition) is 2. The highest BCUT2D eigenvalue weighted by atomic mass is 15.2. The van der Waals surface area contributed by atoms with Crippen molar-refractivity contribution < 1.29 is 0 Å². The van der Waals surface area contributed by atoms with Crippen molar-refractivity contribution in [1.82, 2.24) is 16.0 Å². The molecule has 1 aromatic carbocycles. The monoisotopic (exact) mass is 316 g/mol. The van der Waals surface area contributed by atoms with Crippen molar-refractivity contribution in [2.75, 3.05) is 13.6 Å². The van der Waals surface area contributed by atoms with Gasteiger partial charge < -0.3 is 16.0 Å². The van der Waals surface area contributed by atoms with Crippen molar-refractivity contribution >= 4 is 5.96 Å². The summed E-state index contributed by atoms with van der Waals surface area (Å²) in [5, 5.41) is 10.8. The van der Waals surface area contributed by atoms with E-state index in [0.717, 1.165) is 12.5 Å². The molecular weight excluding hydrogens is 284 g/mol. The van der Waals surface area contributed by atoms with Gasteiger partial charge in [-0.3, -0.25) is 4.99 Å². The molecule has 0 aliphatic heterocycles. The van der Waals surface area contributed by atoms with Gasteiger partial charge in [-0.15, -0.1) is 0 Å². The molecule has 4 nitrogen and oxygen atoms in total. The van der Waals surface area contributed by atoms with Gasteiger partial charge in [-0.05, 0) is 39.2 Å². The van der Waals surface area contributed by atoms with E-state index in [4.69, 9.17) is 0 Å². The molecule has 1 saturated carbocycles. The highest BCUT2D eigenvalue weighted by molar-refractivity contribution is 5.79. The van der Waals surface area contributed by atoms with Gasteiger partial charge in [0, 0.05) is 31.2 Å². The Bertz CT molecular complexity index is 489. The summed E-state index contributed by atoms with van der Waals surface area (Å²) >= 11 is 0. The smallest absolute Gasteiger partial charge is 0.191 e. The molecule has 0 aromatic heterocycles. The van der Waals surface area contributed by atoms with Gasteiger partial charge in [0.1, 0.15) is 0 Å². The van der Waals surface area contributed by atoms with Crippen LogP contribution in [0.2, 0.25) is 0 Å². The summed E-state index contributed by atoms with van der Waals surface area (Å²) in [7, 11) is 1.83. The first-order chi connectivity index (χ1) is 11.0. The van der Waals surface area contributed by atoms with Crippen molar-refractivity contribution in [2.24, 2.45) is 4.99 Å². The minimum atomic E-state index is 0.157. The molecular formula is C19H32N4. The van der Waals surface area contributed by atoms with Gasteiger partial charge in [-0.25, -0.2) is 0 Å². The van der Waals surface area contributed by atoms with Crippen LogP contribution >= 0.6 is 0 Å². The minimum Gasteiger partial charge on any atom is -0.355 e. The summed E-state index contributed by atoms with van der Waals surface area (Å²) in [6.07, 6.45) is 5.03. The molecule has 1 aliphatic rings. The Morgan fingerprint density at radius 2 is 1.78 bits per heavy atom. The third kappa shape index (κ3) is 5.24. The van der Waals surface area contributed by atoms with Crippen LogP contribution in [-0.2, 0) is 0 Å².